The number of ether oxygens (including phenoxy) is 1. The lowest BCUT2D eigenvalue weighted by Crippen LogP contribution is -2.10. The zero-order chi connectivity index (χ0) is 14.7. The molecule has 0 aliphatic rings. The normalized spacial score (nSPS) is 10.0. The molecule has 0 saturated carbocycles. The summed E-state index contributed by atoms with van der Waals surface area (Å²) >= 11 is 0. The number of carbonyl (C=O) groups excluding carboxylic acids is 1. The molecule has 0 bridgehead atoms. The number of rotatable bonds is 4. The molecule has 1 amide bonds. The summed E-state index contributed by atoms with van der Waals surface area (Å²) in [5.41, 5.74) is 5.02. The fourth-order valence-electron chi connectivity index (χ4n) is 1.64. The second kappa shape index (κ2) is 5.31. The lowest BCUT2D eigenvalue weighted by molar-refractivity contribution is 0.0694. The van der Waals surface area contributed by atoms with Gasteiger partial charge in [0.05, 0.1) is 5.56 Å². The molecule has 0 saturated heterocycles. The Morgan fingerprint density at radius 2 is 1.75 bits per heavy atom. The standard InChI is InChI=1S/C14H11NO5/c15-13(17)9-6-5-8(7-11(9)16)20-12-4-2-1-3-10(12)14(18)19/h1-7,16H,(H2,15,17)(H,18,19). The number of aromatic carboxylic acids is 1. The van der Waals surface area contributed by atoms with Crippen LogP contribution in [0, 0.1) is 0 Å². The number of carboxylic acids is 1. The van der Waals surface area contributed by atoms with Gasteiger partial charge in [-0.2, -0.15) is 0 Å². The third kappa shape index (κ3) is 2.69. The predicted octanol–water partition coefficient (Wildman–Crippen LogP) is 1.98. The predicted molar refractivity (Wildman–Crippen MR) is 70.1 cm³/mol. The van der Waals surface area contributed by atoms with Gasteiger partial charge in [0.25, 0.3) is 5.91 Å². The van der Waals surface area contributed by atoms with Gasteiger partial charge in [0.2, 0.25) is 0 Å². The number of hydrogen-bond acceptors (Lipinski definition) is 4. The Labute approximate surface area is 114 Å². The van der Waals surface area contributed by atoms with Gasteiger partial charge in [0, 0.05) is 6.07 Å². The number of benzene rings is 2. The zero-order valence-corrected chi connectivity index (χ0v) is 10.2. The summed E-state index contributed by atoms with van der Waals surface area (Å²) in [5, 5.41) is 18.6. The Kier molecular flexibility index (Phi) is 3.56. The Morgan fingerprint density at radius 1 is 1.05 bits per heavy atom. The molecule has 2 rings (SSSR count). The van der Waals surface area contributed by atoms with Crippen molar-refractivity contribution in [2.75, 3.05) is 0 Å². The summed E-state index contributed by atoms with van der Waals surface area (Å²) in [6.45, 7) is 0. The van der Waals surface area contributed by atoms with E-state index in [9.17, 15) is 14.7 Å². The van der Waals surface area contributed by atoms with Gasteiger partial charge < -0.3 is 20.7 Å². The van der Waals surface area contributed by atoms with E-state index in [2.05, 4.69) is 0 Å². The maximum Gasteiger partial charge on any atom is 0.339 e. The maximum atomic E-state index is 11.0. The van der Waals surface area contributed by atoms with Gasteiger partial charge in [-0.3, -0.25) is 4.79 Å². The minimum atomic E-state index is -1.13. The van der Waals surface area contributed by atoms with E-state index in [1.54, 1.807) is 12.1 Å². The average Bonchev–Trinajstić information content (AvgIpc) is 2.38. The minimum absolute atomic E-state index is 0.00836. The first-order valence-corrected chi connectivity index (χ1v) is 5.62. The molecular formula is C14H11NO5. The molecule has 2 aromatic rings. The summed E-state index contributed by atoms with van der Waals surface area (Å²) in [6, 6.07) is 9.99. The van der Waals surface area contributed by atoms with Gasteiger partial charge in [-0.25, -0.2) is 4.79 Å². The van der Waals surface area contributed by atoms with E-state index < -0.39 is 11.9 Å². The van der Waals surface area contributed by atoms with Crippen molar-refractivity contribution >= 4 is 11.9 Å². The van der Waals surface area contributed by atoms with Crippen molar-refractivity contribution in [2.45, 2.75) is 0 Å². The fraction of sp³-hybridized carbons (Fsp3) is 0. The van der Waals surface area contributed by atoms with E-state index in [0.29, 0.717) is 0 Å². The van der Waals surface area contributed by atoms with Crippen LogP contribution in [0.25, 0.3) is 0 Å². The van der Waals surface area contributed by atoms with Crippen LogP contribution in [-0.4, -0.2) is 22.1 Å². The number of para-hydroxylation sites is 1. The van der Waals surface area contributed by atoms with Crippen molar-refractivity contribution in [3.63, 3.8) is 0 Å². The largest absolute Gasteiger partial charge is 0.507 e. The number of nitrogens with two attached hydrogens (primary N) is 1. The monoisotopic (exact) mass is 273 g/mol. The van der Waals surface area contributed by atoms with Gasteiger partial charge in [-0.05, 0) is 24.3 Å². The smallest absolute Gasteiger partial charge is 0.339 e. The Hall–Kier alpha value is -3.02. The maximum absolute atomic E-state index is 11.0. The number of aromatic hydroxyl groups is 1. The lowest BCUT2D eigenvalue weighted by atomic mass is 10.1. The topological polar surface area (TPSA) is 110 Å². The second-order valence-electron chi connectivity index (χ2n) is 3.95. The van der Waals surface area contributed by atoms with Gasteiger partial charge in [-0.15, -0.1) is 0 Å². The minimum Gasteiger partial charge on any atom is -0.507 e. The van der Waals surface area contributed by atoms with E-state index >= 15 is 0 Å². The molecule has 0 aliphatic heterocycles. The highest BCUT2D eigenvalue weighted by Crippen LogP contribution is 2.29. The van der Waals surface area contributed by atoms with E-state index in [0.717, 1.165) is 0 Å². The van der Waals surface area contributed by atoms with E-state index in [-0.39, 0.29) is 28.4 Å². The molecule has 0 spiro atoms. The highest BCUT2D eigenvalue weighted by molar-refractivity contribution is 5.95. The van der Waals surface area contributed by atoms with E-state index in [4.69, 9.17) is 15.6 Å². The average molecular weight is 273 g/mol. The molecule has 0 fully saturated rings. The summed E-state index contributed by atoms with van der Waals surface area (Å²) in [5.74, 6) is -1.89. The van der Waals surface area contributed by atoms with Gasteiger partial charge >= 0.3 is 5.97 Å². The fourth-order valence-corrected chi connectivity index (χ4v) is 1.64. The summed E-state index contributed by atoms with van der Waals surface area (Å²) in [7, 11) is 0. The number of carboxylic acid groups (broad SMARTS) is 1. The van der Waals surface area contributed by atoms with Crippen LogP contribution >= 0.6 is 0 Å². The molecule has 0 radical (unpaired) electrons. The molecule has 4 N–H and O–H groups in total. The zero-order valence-electron chi connectivity index (χ0n) is 10.2. The van der Waals surface area contributed by atoms with Crippen LogP contribution in [0.2, 0.25) is 0 Å². The molecular weight excluding hydrogens is 262 g/mol. The molecule has 2 aromatic carbocycles. The highest BCUT2D eigenvalue weighted by Gasteiger charge is 2.13. The van der Waals surface area contributed by atoms with Crippen LogP contribution in [0.5, 0.6) is 17.2 Å². The van der Waals surface area contributed by atoms with Crippen molar-refractivity contribution < 1.29 is 24.5 Å². The van der Waals surface area contributed by atoms with Crippen molar-refractivity contribution in [3.8, 4) is 17.2 Å². The first kappa shape index (κ1) is 13.4. The van der Waals surface area contributed by atoms with Crippen LogP contribution in [0.3, 0.4) is 0 Å². The van der Waals surface area contributed by atoms with Crippen LogP contribution in [0.4, 0.5) is 0 Å². The molecule has 0 atom stereocenters. The number of primary amides is 1. The first-order valence-electron chi connectivity index (χ1n) is 5.62. The number of amides is 1. The second-order valence-corrected chi connectivity index (χ2v) is 3.95. The van der Waals surface area contributed by atoms with Crippen LogP contribution in [0.15, 0.2) is 42.5 Å². The number of hydrogen-bond donors (Lipinski definition) is 3. The molecule has 0 heterocycles. The number of carbonyl (C=O) groups is 2. The SMILES string of the molecule is NC(=O)c1ccc(Oc2ccccc2C(=O)O)cc1O. The van der Waals surface area contributed by atoms with Crippen LogP contribution in [0.1, 0.15) is 20.7 Å². The van der Waals surface area contributed by atoms with Crippen molar-refractivity contribution in [1.29, 1.82) is 0 Å². The molecule has 6 nitrogen and oxygen atoms in total. The Bertz CT molecular complexity index is 681. The van der Waals surface area contributed by atoms with Crippen molar-refractivity contribution in [1.82, 2.24) is 0 Å². The Morgan fingerprint density at radius 3 is 2.35 bits per heavy atom. The molecule has 0 unspecified atom stereocenters. The molecule has 0 aliphatic carbocycles. The number of phenols is 1. The van der Waals surface area contributed by atoms with Gasteiger partial charge in [-0.1, -0.05) is 12.1 Å². The third-order valence-electron chi connectivity index (χ3n) is 2.58. The summed E-state index contributed by atoms with van der Waals surface area (Å²) in [6.07, 6.45) is 0. The molecule has 102 valence electrons. The highest BCUT2D eigenvalue weighted by atomic mass is 16.5. The van der Waals surface area contributed by atoms with E-state index in [1.165, 1.54) is 30.3 Å². The van der Waals surface area contributed by atoms with Crippen LogP contribution in [-0.2, 0) is 0 Å². The van der Waals surface area contributed by atoms with Crippen LogP contribution < -0.4 is 10.5 Å². The molecule has 20 heavy (non-hydrogen) atoms. The summed E-state index contributed by atoms with van der Waals surface area (Å²) < 4.78 is 5.39. The molecule has 6 heteroatoms. The third-order valence-corrected chi connectivity index (χ3v) is 2.58. The quantitative estimate of drug-likeness (QED) is 0.789. The molecule has 0 aromatic heterocycles. The van der Waals surface area contributed by atoms with E-state index in [1.807, 2.05) is 0 Å². The first-order chi connectivity index (χ1) is 9.49. The van der Waals surface area contributed by atoms with Crippen molar-refractivity contribution in [2.24, 2.45) is 5.73 Å². The van der Waals surface area contributed by atoms with Crippen molar-refractivity contribution in [3.05, 3.63) is 53.6 Å². The lowest BCUT2D eigenvalue weighted by Gasteiger charge is -2.09. The Balaban J connectivity index is 2.34. The summed E-state index contributed by atoms with van der Waals surface area (Å²) in [4.78, 5) is 22.0. The van der Waals surface area contributed by atoms with Gasteiger partial charge in [0.15, 0.2) is 0 Å². The van der Waals surface area contributed by atoms with Gasteiger partial charge in [0.1, 0.15) is 22.8 Å².